The normalized spacial score (nSPS) is 13.3. The van der Waals surface area contributed by atoms with Gasteiger partial charge in [-0.25, -0.2) is 0 Å². The first-order chi connectivity index (χ1) is 10.4. The highest BCUT2D eigenvalue weighted by Gasteiger charge is 2.18. The van der Waals surface area contributed by atoms with E-state index in [1.165, 1.54) is 41.9 Å². The molecule has 0 nitrogen and oxygen atoms in total. The average molecular weight is 383 g/mol. The molecule has 0 spiro atoms. The molecule has 1 aliphatic carbocycles. The maximum Gasteiger partial charge on any atom is 0.357 e. The Morgan fingerprint density at radius 3 is 2.52 bits per heavy atom. The minimum Gasteiger partial charge on any atom is -0.0836 e. The zero-order chi connectivity index (χ0) is 14.1. The maximum absolute atomic E-state index is 2.43. The molecule has 1 aliphatic rings. The van der Waals surface area contributed by atoms with Crippen LogP contribution in [0.5, 0.6) is 0 Å². The third-order valence-electron chi connectivity index (χ3n) is 3.91. The summed E-state index contributed by atoms with van der Waals surface area (Å²) in [6, 6.07) is 22.6. The van der Waals surface area contributed by atoms with Crippen molar-refractivity contribution in [1.82, 2.24) is 0 Å². The van der Waals surface area contributed by atoms with Crippen molar-refractivity contribution in [1.29, 1.82) is 0 Å². The number of rotatable bonds is 2. The van der Waals surface area contributed by atoms with Gasteiger partial charge in [0.25, 0.3) is 0 Å². The van der Waals surface area contributed by atoms with Crippen LogP contribution in [0.4, 0.5) is 0 Å². The van der Waals surface area contributed by atoms with E-state index in [-0.39, 0.29) is 21.2 Å². The second-order valence-electron chi connectivity index (χ2n) is 5.37. The van der Waals surface area contributed by atoms with Crippen LogP contribution in [0.1, 0.15) is 17.5 Å². The Morgan fingerprint density at radius 1 is 0.762 bits per heavy atom. The molecule has 102 valence electrons. The molecule has 0 aliphatic heterocycles. The number of aryl methyl sites for hydroxylation is 1. The van der Waals surface area contributed by atoms with Gasteiger partial charge in [-0.15, -0.1) is 0 Å². The number of hydrogen-bond acceptors (Lipinski definition) is 0. The standard InChI is InChI=1S/C20H16I/c1-3-7-17-13-19(11-9-15(17)5-1)21-20-12-10-16-6-2-4-8-18(16)14-20/h1-3,5-7,9-14H,4,8H2/q+1. The minimum absolute atomic E-state index is 0.0871. The summed E-state index contributed by atoms with van der Waals surface area (Å²) >= 11 is -0.0871. The third kappa shape index (κ3) is 2.75. The molecule has 0 N–H and O–H groups in total. The van der Waals surface area contributed by atoms with Crippen LogP contribution in [0.3, 0.4) is 0 Å². The van der Waals surface area contributed by atoms with Crippen LogP contribution < -0.4 is 21.2 Å². The molecule has 0 heterocycles. The van der Waals surface area contributed by atoms with E-state index in [0.29, 0.717) is 0 Å². The molecule has 1 heteroatoms. The van der Waals surface area contributed by atoms with E-state index in [1.54, 1.807) is 0 Å². The number of allylic oxidation sites excluding steroid dienone is 1. The fraction of sp³-hybridized carbons (Fsp3) is 0.100. The fourth-order valence-corrected chi connectivity index (χ4v) is 5.27. The minimum atomic E-state index is -0.0871. The monoisotopic (exact) mass is 383 g/mol. The summed E-state index contributed by atoms with van der Waals surface area (Å²) in [5, 5.41) is 2.69. The molecule has 3 aromatic carbocycles. The summed E-state index contributed by atoms with van der Waals surface area (Å²) in [6.07, 6.45) is 6.92. The van der Waals surface area contributed by atoms with Gasteiger partial charge in [0.15, 0.2) is 7.14 Å². The first-order valence-electron chi connectivity index (χ1n) is 7.32. The SMILES string of the molecule is C1=Cc2ccc([I+]c3ccc4ccccc4c3)cc2CC1. The van der Waals surface area contributed by atoms with Gasteiger partial charge in [-0.3, -0.25) is 0 Å². The number of halogens is 1. The molecule has 21 heavy (non-hydrogen) atoms. The number of fused-ring (bicyclic) bond motifs is 2. The highest BCUT2D eigenvalue weighted by Crippen LogP contribution is 2.18. The van der Waals surface area contributed by atoms with Crippen LogP contribution in [0.2, 0.25) is 0 Å². The van der Waals surface area contributed by atoms with Gasteiger partial charge in [-0.1, -0.05) is 42.5 Å². The second-order valence-corrected chi connectivity index (χ2v) is 8.40. The third-order valence-corrected chi connectivity index (χ3v) is 6.50. The molecule has 0 saturated heterocycles. The summed E-state index contributed by atoms with van der Waals surface area (Å²) in [5.74, 6) is 0. The van der Waals surface area contributed by atoms with Gasteiger partial charge in [0, 0.05) is 0 Å². The Labute approximate surface area is 135 Å². The van der Waals surface area contributed by atoms with E-state index in [9.17, 15) is 0 Å². The lowest BCUT2D eigenvalue weighted by atomic mass is 9.98. The Balaban J connectivity index is 1.66. The van der Waals surface area contributed by atoms with E-state index in [0.717, 1.165) is 0 Å². The highest BCUT2D eigenvalue weighted by molar-refractivity contribution is 5.81. The van der Waals surface area contributed by atoms with Crippen LogP contribution >= 0.6 is 0 Å². The molecule has 0 bridgehead atoms. The van der Waals surface area contributed by atoms with Gasteiger partial charge in [0.1, 0.15) is 0 Å². The van der Waals surface area contributed by atoms with Gasteiger partial charge < -0.3 is 0 Å². The van der Waals surface area contributed by atoms with Crippen molar-refractivity contribution < 1.29 is 21.2 Å². The molecule has 0 saturated carbocycles. The van der Waals surface area contributed by atoms with Crippen molar-refractivity contribution in [3.05, 3.63) is 85.0 Å². The van der Waals surface area contributed by atoms with Crippen LogP contribution in [0.25, 0.3) is 16.8 Å². The first kappa shape index (κ1) is 13.1. The van der Waals surface area contributed by atoms with Crippen molar-refractivity contribution in [2.45, 2.75) is 12.8 Å². The second kappa shape index (κ2) is 5.64. The van der Waals surface area contributed by atoms with E-state index in [2.05, 4.69) is 72.8 Å². The summed E-state index contributed by atoms with van der Waals surface area (Å²) < 4.78 is 3.02. The fourth-order valence-electron chi connectivity index (χ4n) is 2.81. The molecule has 0 aromatic heterocycles. The summed E-state index contributed by atoms with van der Waals surface area (Å²) in [5.41, 5.74) is 2.93. The van der Waals surface area contributed by atoms with Crippen LogP contribution in [0, 0.1) is 7.14 Å². The van der Waals surface area contributed by atoms with E-state index in [4.69, 9.17) is 0 Å². The summed E-state index contributed by atoms with van der Waals surface area (Å²) in [7, 11) is 0. The zero-order valence-corrected chi connectivity index (χ0v) is 13.9. The van der Waals surface area contributed by atoms with E-state index >= 15 is 0 Å². The Morgan fingerprint density at radius 2 is 1.57 bits per heavy atom. The Bertz CT molecular complexity index is 830. The Kier molecular flexibility index (Phi) is 3.52. The molecule has 0 unspecified atom stereocenters. The molecule has 0 radical (unpaired) electrons. The van der Waals surface area contributed by atoms with Crippen LogP contribution in [-0.2, 0) is 6.42 Å². The predicted octanol–water partition coefficient (Wildman–Crippen LogP) is 1.93. The predicted molar refractivity (Wildman–Crippen MR) is 85.1 cm³/mol. The van der Waals surface area contributed by atoms with Crippen LogP contribution in [-0.4, -0.2) is 0 Å². The molecule has 4 rings (SSSR count). The van der Waals surface area contributed by atoms with Gasteiger partial charge >= 0.3 is 21.2 Å². The maximum atomic E-state index is 2.43. The number of hydrogen-bond donors (Lipinski definition) is 0. The van der Waals surface area contributed by atoms with E-state index < -0.39 is 0 Å². The van der Waals surface area contributed by atoms with Crippen molar-refractivity contribution in [2.75, 3.05) is 0 Å². The van der Waals surface area contributed by atoms with Gasteiger partial charge in [0.05, 0.1) is 0 Å². The first-order valence-corrected chi connectivity index (χ1v) is 9.47. The van der Waals surface area contributed by atoms with E-state index in [1.807, 2.05) is 0 Å². The topological polar surface area (TPSA) is 0 Å². The van der Waals surface area contributed by atoms with Crippen molar-refractivity contribution in [3.63, 3.8) is 0 Å². The molecule has 0 amide bonds. The lowest BCUT2D eigenvalue weighted by Crippen LogP contribution is -3.61. The lowest BCUT2D eigenvalue weighted by Gasteiger charge is -2.08. The van der Waals surface area contributed by atoms with Crippen molar-refractivity contribution in [2.24, 2.45) is 0 Å². The largest absolute Gasteiger partial charge is 0.357 e. The summed E-state index contributed by atoms with van der Waals surface area (Å²) in [6.45, 7) is 0. The Hall–Kier alpha value is -1.61. The smallest absolute Gasteiger partial charge is 0.0836 e. The number of benzene rings is 3. The highest BCUT2D eigenvalue weighted by atomic mass is 127. The summed E-state index contributed by atoms with van der Waals surface area (Å²) in [4.78, 5) is 0. The van der Waals surface area contributed by atoms with Gasteiger partial charge in [-0.05, 0) is 65.1 Å². The average Bonchev–Trinajstić information content (AvgIpc) is 2.55. The molecular weight excluding hydrogens is 367 g/mol. The molecule has 0 fully saturated rings. The van der Waals surface area contributed by atoms with Gasteiger partial charge in [-0.2, -0.15) is 0 Å². The lowest BCUT2D eigenvalue weighted by molar-refractivity contribution is -0.597. The van der Waals surface area contributed by atoms with Crippen molar-refractivity contribution in [3.8, 4) is 0 Å². The van der Waals surface area contributed by atoms with Gasteiger partial charge in [0.2, 0.25) is 0 Å². The molecular formula is C20H16I+. The molecule has 3 aromatic rings. The quantitative estimate of drug-likeness (QED) is 0.594. The van der Waals surface area contributed by atoms with Crippen LogP contribution in [0.15, 0.2) is 66.7 Å². The molecule has 0 atom stereocenters. The van der Waals surface area contributed by atoms with Crippen molar-refractivity contribution >= 4 is 16.8 Å². The zero-order valence-electron chi connectivity index (χ0n) is 11.7.